The zero-order chi connectivity index (χ0) is 18.7. The molecule has 2 aromatic rings. The third-order valence-electron chi connectivity index (χ3n) is 4.73. The average Bonchev–Trinajstić information content (AvgIpc) is 2.56. The summed E-state index contributed by atoms with van der Waals surface area (Å²) in [4.78, 5) is 24.6. The van der Waals surface area contributed by atoms with Gasteiger partial charge in [0.25, 0.3) is 5.91 Å². The minimum Gasteiger partial charge on any atom is -0.455 e. The number of carbonyl (C=O) groups is 2. The van der Waals surface area contributed by atoms with E-state index in [9.17, 15) is 14.0 Å². The molecule has 0 radical (unpaired) electrons. The highest BCUT2D eigenvalue weighted by Gasteiger charge is 2.47. The van der Waals surface area contributed by atoms with E-state index in [1.165, 1.54) is 12.1 Å². The van der Waals surface area contributed by atoms with Crippen LogP contribution in [0.15, 0.2) is 42.5 Å². The summed E-state index contributed by atoms with van der Waals surface area (Å²) in [6.45, 7) is 1.30. The molecule has 0 aromatic heterocycles. The van der Waals surface area contributed by atoms with Gasteiger partial charge in [-0.2, -0.15) is 0 Å². The number of carbonyl (C=O) groups excluding carboxylic acids is 2. The summed E-state index contributed by atoms with van der Waals surface area (Å²) in [5.74, 6) is -1.54. The predicted octanol–water partition coefficient (Wildman–Crippen LogP) is 4.39. The van der Waals surface area contributed by atoms with E-state index in [-0.39, 0.29) is 5.69 Å². The second kappa shape index (κ2) is 7.46. The van der Waals surface area contributed by atoms with E-state index < -0.39 is 29.7 Å². The lowest BCUT2D eigenvalue weighted by molar-refractivity contribution is -0.156. The lowest BCUT2D eigenvalue weighted by Crippen LogP contribution is -2.44. The number of ether oxygens (including phenoxy) is 1. The van der Waals surface area contributed by atoms with Gasteiger partial charge in [-0.15, -0.1) is 0 Å². The number of hydrogen-bond acceptors (Lipinski definition) is 3. The summed E-state index contributed by atoms with van der Waals surface area (Å²) in [5.41, 5.74) is 0.928. The Balaban J connectivity index is 1.62. The van der Waals surface area contributed by atoms with Gasteiger partial charge in [0, 0.05) is 5.02 Å². The van der Waals surface area contributed by atoms with Crippen LogP contribution in [0.2, 0.25) is 5.02 Å². The first-order valence-electron chi connectivity index (χ1n) is 8.40. The van der Waals surface area contributed by atoms with Crippen molar-refractivity contribution < 1.29 is 18.7 Å². The Morgan fingerprint density at radius 3 is 2.46 bits per heavy atom. The number of halogens is 2. The van der Waals surface area contributed by atoms with E-state index in [1.54, 1.807) is 25.1 Å². The standard InChI is InChI=1S/C20H19ClFNO3/c1-13-3-8-17(16(22)11-13)23-18(24)12-26-19(25)20(9-2-10-20)14-4-6-15(21)7-5-14/h3-8,11H,2,9-10,12H2,1H3,(H,23,24). The van der Waals surface area contributed by atoms with Gasteiger partial charge < -0.3 is 10.1 Å². The number of hydrogen-bond donors (Lipinski definition) is 1. The number of aryl methyl sites for hydroxylation is 1. The molecule has 26 heavy (non-hydrogen) atoms. The molecule has 0 saturated heterocycles. The SMILES string of the molecule is Cc1ccc(NC(=O)COC(=O)C2(c3ccc(Cl)cc3)CCC2)c(F)c1. The fourth-order valence-corrected chi connectivity index (χ4v) is 3.21. The molecule has 0 aliphatic heterocycles. The normalized spacial score (nSPS) is 15.0. The van der Waals surface area contributed by atoms with Gasteiger partial charge in [0.05, 0.1) is 11.1 Å². The van der Waals surface area contributed by atoms with Gasteiger partial charge in [-0.1, -0.05) is 36.2 Å². The Kier molecular flexibility index (Phi) is 5.28. The average molecular weight is 376 g/mol. The van der Waals surface area contributed by atoms with Crippen LogP contribution in [0, 0.1) is 12.7 Å². The van der Waals surface area contributed by atoms with Crippen LogP contribution in [-0.4, -0.2) is 18.5 Å². The smallest absolute Gasteiger partial charge is 0.317 e. The first kappa shape index (κ1) is 18.4. The molecule has 1 N–H and O–H groups in total. The first-order valence-corrected chi connectivity index (χ1v) is 8.78. The molecule has 1 aliphatic carbocycles. The summed E-state index contributed by atoms with van der Waals surface area (Å²) >= 11 is 5.91. The van der Waals surface area contributed by atoms with Crippen molar-refractivity contribution in [3.8, 4) is 0 Å². The zero-order valence-electron chi connectivity index (χ0n) is 14.4. The van der Waals surface area contributed by atoms with Crippen molar-refractivity contribution in [2.24, 2.45) is 0 Å². The molecule has 6 heteroatoms. The van der Waals surface area contributed by atoms with Gasteiger partial charge in [0.15, 0.2) is 6.61 Å². The van der Waals surface area contributed by atoms with Crippen LogP contribution in [-0.2, 0) is 19.7 Å². The second-order valence-corrected chi connectivity index (χ2v) is 6.99. The van der Waals surface area contributed by atoms with Crippen molar-refractivity contribution in [2.75, 3.05) is 11.9 Å². The molecule has 1 saturated carbocycles. The van der Waals surface area contributed by atoms with E-state index in [1.807, 2.05) is 12.1 Å². The molecular formula is C20H19ClFNO3. The molecule has 0 atom stereocenters. The van der Waals surface area contributed by atoms with Crippen LogP contribution < -0.4 is 5.32 Å². The second-order valence-electron chi connectivity index (χ2n) is 6.55. The maximum atomic E-state index is 13.8. The molecule has 4 nitrogen and oxygen atoms in total. The van der Waals surface area contributed by atoms with Crippen LogP contribution in [0.4, 0.5) is 10.1 Å². The molecule has 0 bridgehead atoms. The fraction of sp³-hybridized carbons (Fsp3) is 0.300. The van der Waals surface area contributed by atoms with Crippen molar-refractivity contribution in [3.63, 3.8) is 0 Å². The van der Waals surface area contributed by atoms with Gasteiger partial charge in [-0.25, -0.2) is 4.39 Å². The molecule has 136 valence electrons. The number of esters is 1. The van der Waals surface area contributed by atoms with E-state index in [4.69, 9.17) is 16.3 Å². The predicted molar refractivity (Wildman–Crippen MR) is 97.7 cm³/mol. The summed E-state index contributed by atoms with van der Waals surface area (Å²) in [6, 6.07) is 11.6. The maximum Gasteiger partial charge on any atom is 0.317 e. The van der Waals surface area contributed by atoms with Crippen LogP contribution in [0.3, 0.4) is 0 Å². The summed E-state index contributed by atoms with van der Waals surface area (Å²) in [7, 11) is 0. The van der Waals surface area contributed by atoms with Crippen LogP contribution >= 0.6 is 11.6 Å². The number of benzene rings is 2. The Labute approximate surface area is 156 Å². The highest BCUT2D eigenvalue weighted by atomic mass is 35.5. The molecule has 0 unspecified atom stereocenters. The van der Waals surface area contributed by atoms with Gasteiger partial charge in [-0.3, -0.25) is 9.59 Å². The topological polar surface area (TPSA) is 55.4 Å². The number of amides is 1. The Morgan fingerprint density at radius 1 is 1.19 bits per heavy atom. The Hall–Kier alpha value is -2.40. The lowest BCUT2D eigenvalue weighted by Gasteiger charge is -2.39. The summed E-state index contributed by atoms with van der Waals surface area (Å²) in [5, 5.41) is 3.01. The molecule has 1 aliphatic rings. The third-order valence-corrected chi connectivity index (χ3v) is 4.98. The number of anilines is 1. The van der Waals surface area contributed by atoms with E-state index in [2.05, 4.69) is 5.32 Å². The van der Waals surface area contributed by atoms with Gasteiger partial charge in [-0.05, 0) is 55.2 Å². The highest BCUT2D eigenvalue weighted by Crippen LogP contribution is 2.45. The monoisotopic (exact) mass is 375 g/mol. The van der Waals surface area contributed by atoms with Crippen molar-refractivity contribution in [1.82, 2.24) is 0 Å². The van der Waals surface area contributed by atoms with Crippen molar-refractivity contribution in [2.45, 2.75) is 31.6 Å². The van der Waals surface area contributed by atoms with E-state index in [0.717, 1.165) is 17.5 Å². The molecule has 2 aromatic carbocycles. The van der Waals surface area contributed by atoms with Crippen LogP contribution in [0.5, 0.6) is 0 Å². The number of nitrogens with one attached hydrogen (secondary N) is 1. The van der Waals surface area contributed by atoms with Crippen LogP contribution in [0.1, 0.15) is 30.4 Å². The lowest BCUT2D eigenvalue weighted by atomic mass is 9.64. The quantitative estimate of drug-likeness (QED) is 0.788. The molecule has 0 spiro atoms. The largest absolute Gasteiger partial charge is 0.455 e. The maximum absolute atomic E-state index is 13.8. The number of rotatable bonds is 5. The minimum absolute atomic E-state index is 0.0627. The fourth-order valence-electron chi connectivity index (χ4n) is 3.09. The zero-order valence-corrected chi connectivity index (χ0v) is 15.1. The van der Waals surface area contributed by atoms with Crippen molar-refractivity contribution in [3.05, 3.63) is 64.4 Å². The molecule has 1 amide bonds. The molecule has 0 heterocycles. The van der Waals surface area contributed by atoms with Crippen molar-refractivity contribution in [1.29, 1.82) is 0 Å². The Morgan fingerprint density at radius 2 is 1.88 bits per heavy atom. The van der Waals surface area contributed by atoms with E-state index in [0.29, 0.717) is 17.9 Å². The third kappa shape index (κ3) is 3.73. The summed E-state index contributed by atoms with van der Waals surface area (Å²) in [6.07, 6.45) is 2.25. The van der Waals surface area contributed by atoms with Crippen LogP contribution in [0.25, 0.3) is 0 Å². The summed E-state index contributed by atoms with van der Waals surface area (Å²) < 4.78 is 19.0. The first-order chi connectivity index (χ1) is 12.4. The minimum atomic E-state index is -0.722. The molecular weight excluding hydrogens is 357 g/mol. The van der Waals surface area contributed by atoms with Gasteiger partial charge >= 0.3 is 5.97 Å². The van der Waals surface area contributed by atoms with Gasteiger partial charge in [0.2, 0.25) is 0 Å². The van der Waals surface area contributed by atoms with E-state index >= 15 is 0 Å². The van der Waals surface area contributed by atoms with Gasteiger partial charge in [0.1, 0.15) is 5.82 Å². The van der Waals surface area contributed by atoms with Crippen molar-refractivity contribution >= 4 is 29.2 Å². The highest BCUT2D eigenvalue weighted by molar-refractivity contribution is 6.30. The molecule has 1 fully saturated rings. The Bertz CT molecular complexity index is 831. The molecule has 3 rings (SSSR count).